The second kappa shape index (κ2) is 9.49. The van der Waals surface area contributed by atoms with Crippen LogP contribution in [0.3, 0.4) is 0 Å². The molecule has 1 aromatic heterocycles. The lowest BCUT2D eigenvalue weighted by molar-refractivity contribution is -0.149. The van der Waals surface area contributed by atoms with Gasteiger partial charge in [0, 0.05) is 42.7 Å². The molecule has 2 aromatic rings. The molecule has 2 N–H and O–H groups in total. The van der Waals surface area contributed by atoms with Crippen LogP contribution in [-0.2, 0) is 9.53 Å². The minimum Gasteiger partial charge on any atom is -0.487 e. The number of aliphatic hydroxyl groups is 1. The molecule has 8 nitrogen and oxygen atoms in total. The van der Waals surface area contributed by atoms with E-state index in [0.29, 0.717) is 24.1 Å². The Morgan fingerprint density at radius 1 is 1.18 bits per heavy atom. The van der Waals surface area contributed by atoms with E-state index in [1.165, 1.54) is 12.6 Å². The summed E-state index contributed by atoms with van der Waals surface area (Å²) in [6, 6.07) is 9.00. The smallest absolute Gasteiger partial charge is 0.257 e. The van der Waals surface area contributed by atoms with Crippen LogP contribution in [0.1, 0.15) is 53.9 Å². The second-order valence-electron chi connectivity index (χ2n) is 9.00. The van der Waals surface area contributed by atoms with Gasteiger partial charge in [0.15, 0.2) is 0 Å². The Morgan fingerprint density at radius 3 is 2.79 bits per heavy atom. The highest BCUT2D eigenvalue weighted by molar-refractivity contribution is 6.04. The predicted octanol–water partition coefficient (Wildman–Crippen LogP) is 2.73. The maximum absolute atomic E-state index is 12.8. The molecule has 2 saturated heterocycles. The van der Waals surface area contributed by atoms with Gasteiger partial charge in [0.25, 0.3) is 5.91 Å². The molecule has 1 aromatic carbocycles. The van der Waals surface area contributed by atoms with E-state index in [4.69, 9.17) is 9.47 Å². The van der Waals surface area contributed by atoms with Crippen LogP contribution in [0.4, 0.5) is 5.69 Å². The summed E-state index contributed by atoms with van der Waals surface area (Å²) in [7, 11) is 0. The number of ether oxygens (including phenoxy) is 2. The Bertz CT molecular complexity index is 1010. The number of hydrogen-bond acceptors (Lipinski definition) is 6. The third-order valence-corrected chi connectivity index (χ3v) is 6.79. The zero-order valence-corrected chi connectivity index (χ0v) is 18.5. The number of fused-ring (bicyclic) bond motifs is 3. The number of piperidine rings is 1. The molecular weight excluding hydrogens is 422 g/mol. The van der Waals surface area contributed by atoms with Crippen molar-refractivity contribution in [2.45, 2.75) is 56.3 Å². The Kier molecular flexibility index (Phi) is 6.28. The second-order valence-corrected chi connectivity index (χ2v) is 9.00. The Hall–Kier alpha value is -2.97. The average molecular weight is 452 g/mol. The monoisotopic (exact) mass is 451 g/mol. The maximum atomic E-state index is 12.8. The molecule has 3 aliphatic heterocycles. The summed E-state index contributed by atoms with van der Waals surface area (Å²) in [6.45, 7) is 1.45. The van der Waals surface area contributed by atoms with E-state index >= 15 is 0 Å². The number of aromatic nitrogens is 1. The van der Waals surface area contributed by atoms with Crippen molar-refractivity contribution in [3.63, 3.8) is 0 Å². The van der Waals surface area contributed by atoms with Crippen molar-refractivity contribution in [3.8, 4) is 5.75 Å². The van der Waals surface area contributed by atoms with Gasteiger partial charge in [-0.25, -0.2) is 0 Å². The number of likely N-dealkylation sites (tertiary alicyclic amines) is 1. The topological polar surface area (TPSA) is 101 Å². The summed E-state index contributed by atoms with van der Waals surface area (Å²) >= 11 is 0. The average Bonchev–Trinajstić information content (AvgIpc) is 3.22. The van der Waals surface area contributed by atoms with E-state index in [0.717, 1.165) is 37.2 Å². The number of rotatable bonds is 5. The molecule has 0 spiro atoms. The minimum absolute atomic E-state index is 0.0136. The summed E-state index contributed by atoms with van der Waals surface area (Å²) in [5, 5.41) is 12.9. The molecule has 8 heteroatoms. The van der Waals surface area contributed by atoms with Gasteiger partial charge in [0.2, 0.25) is 5.91 Å². The van der Waals surface area contributed by atoms with E-state index < -0.39 is 6.10 Å². The molecule has 5 rings (SSSR count). The van der Waals surface area contributed by atoms with Crippen LogP contribution >= 0.6 is 0 Å². The maximum Gasteiger partial charge on any atom is 0.257 e. The highest BCUT2D eigenvalue weighted by Crippen LogP contribution is 2.47. The standard InChI is InChI=1S/C25H29N3O5/c29-15-22-24-20(12-18(32-22)13-23(30)28-9-2-1-3-10-28)19-11-17(6-7-21(19)33-24)27-25(31)16-5-4-8-26-14-16/h4-8,11,14,18,20,22,24,29H,1-3,9-10,12-13,15H2,(H,27,31)/t18-,20+,22-,24-/m0/s1. The third kappa shape index (κ3) is 4.58. The summed E-state index contributed by atoms with van der Waals surface area (Å²) in [6.07, 6.45) is 6.29. The summed E-state index contributed by atoms with van der Waals surface area (Å²) in [5.41, 5.74) is 2.12. The molecule has 174 valence electrons. The van der Waals surface area contributed by atoms with Gasteiger partial charge in [-0.3, -0.25) is 14.6 Å². The summed E-state index contributed by atoms with van der Waals surface area (Å²) in [5.74, 6) is 0.602. The quantitative estimate of drug-likeness (QED) is 0.725. The molecule has 4 heterocycles. The number of benzene rings is 1. The Balaban J connectivity index is 1.31. The number of aliphatic hydroxyl groups excluding tert-OH is 1. The summed E-state index contributed by atoms with van der Waals surface area (Å²) < 4.78 is 12.2. The number of amides is 2. The molecule has 0 bridgehead atoms. The normalized spacial score (nSPS) is 26.2. The number of carbonyl (C=O) groups excluding carboxylic acids is 2. The van der Waals surface area contributed by atoms with Gasteiger partial charge < -0.3 is 24.8 Å². The van der Waals surface area contributed by atoms with Gasteiger partial charge in [-0.1, -0.05) is 0 Å². The van der Waals surface area contributed by atoms with Crippen molar-refractivity contribution in [1.29, 1.82) is 0 Å². The number of anilines is 1. The number of hydrogen-bond donors (Lipinski definition) is 2. The number of carbonyl (C=O) groups is 2. The highest BCUT2D eigenvalue weighted by Gasteiger charge is 2.46. The van der Waals surface area contributed by atoms with E-state index in [9.17, 15) is 14.7 Å². The van der Waals surface area contributed by atoms with Crippen LogP contribution in [0.2, 0.25) is 0 Å². The zero-order chi connectivity index (χ0) is 22.8. The molecule has 2 fully saturated rings. The van der Waals surface area contributed by atoms with E-state index in [1.807, 2.05) is 17.0 Å². The zero-order valence-electron chi connectivity index (χ0n) is 18.5. The lowest BCUT2D eigenvalue weighted by Gasteiger charge is -2.38. The molecule has 33 heavy (non-hydrogen) atoms. The van der Waals surface area contributed by atoms with Crippen LogP contribution < -0.4 is 10.1 Å². The van der Waals surface area contributed by atoms with Gasteiger partial charge in [-0.15, -0.1) is 0 Å². The van der Waals surface area contributed by atoms with E-state index in [1.54, 1.807) is 24.4 Å². The molecule has 0 aliphatic carbocycles. The third-order valence-electron chi connectivity index (χ3n) is 6.79. The number of nitrogens with zero attached hydrogens (tertiary/aromatic N) is 2. The predicted molar refractivity (Wildman–Crippen MR) is 121 cm³/mol. The van der Waals surface area contributed by atoms with E-state index in [2.05, 4.69) is 10.3 Å². The molecule has 0 unspecified atom stereocenters. The van der Waals surface area contributed by atoms with Crippen molar-refractivity contribution in [3.05, 3.63) is 53.9 Å². The highest BCUT2D eigenvalue weighted by atomic mass is 16.6. The first-order valence-corrected chi connectivity index (χ1v) is 11.7. The minimum atomic E-state index is -0.497. The summed E-state index contributed by atoms with van der Waals surface area (Å²) in [4.78, 5) is 31.3. The molecule has 4 atom stereocenters. The van der Waals surface area contributed by atoms with Crippen LogP contribution in [0, 0.1) is 0 Å². The first-order valence-electron chi connectivity index (χ1n) is 11.7. The molecule has 3 aliphatic rings. The van der Waals surface area contributed by atoms with Gasteiger partial charge in [-0.2, -0.15) is 0 Å². The fraction of sp³-hybridized carbons (Fsp3) is 0.480. The van der Waals surface area contributed by atoms with Gasteiger partial charge in [0.1, 0.15) is 18.0 Å². The van der Waals surface area contributed by atoms with Crippen LogP contribution in [-0.4, -0.2) is 64.8 Å². The first-order chi connectivity index (χ1) is 16.1. The molecular formula is C25H29N3O5. The molecule has 0 saturated carbocycles. The van der Waals surface area contributed by atoms with Crippen LogP contribution in [0.25, 0.3) is 0 Å². The lowest BCUT2D eigenvalue weighted by atomic mass is 9.84. The largest absolute Gasteiger partial charge is 0.487 e. The fourth-order valence-electron chi connectivity index (χ4n) is 5.13. The SMILES string of the molecule is O=C(Nc1ccc2c(c1)[C@H]1C[C@@H](CC(=O)N3CCCCC3)O[C@@H](CO)[C@H]1O2)c1cccnc1. The van der Waals surface area contributed by atoms with Gasteiger partial charge in [0.05, 0.1) is 24.7 Å². The van der Waals surface area contributed by atoms with E-state index in [-0.39, 0.29) is 36.5 Å². The van der Waals surface area contributed by atoms with Crippen LogP contribution in [0.15, 0.2) is 42.7 Å². The first kappa shape index (κ1) is 21.9. The lowest BCUT2D eigenvalue weighted by Crippen LogP contribution is -2.48. The number of pyridine rings is 1. The van der Waals surface area contributed by atoms with Crippen LogP contribution in [0.5, 0.6) is 5.75 Å². The number of nitrogens with one attached hydrogen (secondary N) is 1. The van der Waals surface area contributed by atoms with Gasteiger partial charge in [-0.05, 0) is 56.0 Å². The molecule has 0 radical (unpaired) electrons. The molecule has 2 amide bonds. The fourth-order valence-corrected chi connectivity index (χ4v) is 5.13. The van der Waals surface area contributed by atoms with Crippen molar-refractivity contribution >= 4 is 17.5 Å². The van der Waals surface area contributed by atoms with Crippen molar-refractivity contribution < 1.29 is 24.2 Å². The van der Waals surface area contributed by atoms with Crippen molar-refractivity contribution in [2.75, 3.05) is 25.0 Å². The Morgan fingerprint density at radius 2 is 2.03 bits per heavy atom. The Labute approximate surface area is 192 Å². The van der Waals surface area contributed by atoms with Gasteiger partial charge >= 0.3 is 0 Å². The van der Waals surface area contributed by atoms with Crippen molar-refractivity contribution in [2.24, 2.45) is 0 Å². The van der Waals surface area contributed by atoms with Crippen molar-refractivity contribution in [1.82, 2.24) is 9.88 Å².